The van der Waals surface area contributed by atoms with Gasteiger partial charge in [0.1, 0.15) is 11.6 Å². The number of amides is 4. The van der Waals surface area contributed by atoms with Gasteiger partial charge in [0.15, 0.2) is 0 Å². The van der Waals surface area contributed by atoms with Gasteiger partial charge in [0.25, 0.3) is 5.91 Å². The summed E-state index contributed by atoms with van der Waals surface area (Å²) in [5.74, 6) is -4.31. The van der Waals surface area contributed by atoms with Crippen LogP contribution < -0.4 is 15.4 Å². The van der Waals surface area contributed by atoms with Gasteiger partial charge >= 0.3 is 12.3 Å². The molecule has 0 radical (unpaired) electrons. The quantitative estimate of drug-likeness (QED) is 0.379. The number of alkyl halides is 3. The summed E-state index contributed by atoms with van der Waals surface area (Å²) in [6.45, 7) is 2.11. The second-order valence-corrected chi connectivity index (χ2v) is 15.5. The zero-order chi connectivity index (χ0) is 36.0. The van der Waals surface area contributed by atoms with Gasteiger partial charge in [0.2, 0.25) is 21.8 Å². The number of benzene rings is 1. The molecule has 1 aliphatic heterocycles. The number of aryl methyl sites for hydroxylation is 1. The molecule has 2 aromatic rings. The molecule has 4 amide bonds. The van der Waals surface area contributed by atoms with Crippen LogP contribution in [0.15, 0.2) is 42.6 Å². The maximum Gasteiger partial charge on any atom is 0.416 e. The molecule has 3 N–H and O–H groups in total. The second kappa shape index (κ2) is 13.4. The average molecular weight is 721 g/mol. The van der Waals surface area contributed by atoms with E-state index in [2.05, 4.69) is 20.5 Å². The second-order valence-electron chi connectivity index (χ2n) is 13.6. The first kappa shape index (κ1) is 35.4. The summed E-state index contributed by atoms with van der Waals surface area (Å²) >= 11 is 0. The number of allylic oxidation sites excluding steroid dienone is 1. The first-order valence-corrected chi connectivity index (χ1v) is 18.1. The number of nitrogens with zero attached hydrogens (tertiary/aromatic N) is 3. The number of halogens is 3. The summed E-state index contributed by atoms with van der Waals surface area (Å²) in [4.78, 5) is 55.8. The van der Waals surface area contributed by atoms with Crippen LogP contribution >= 0.6 is 0 Å². The van der Waals surface area contributed by atoms with Crippen molar-refractivity contribution in [2.24, 2.45) is 17.8 Å². The van der Waals surface area contributed by atoms with E-state index in [0.29, 0.717) is 37.9 Å². The van der Waals surface area contributed by atoms with E-state index in [9.17, 15) is 40.8 Å². The lowest BCUT2D eigenvalue weighted by molar-refractivity contribution is -0.140. The highest BCUT2D eigenvalue weighted by Crippen LogP contribution is 2.47. The van der Waals surface area contributed by atoms with Gasteiger partial charge in [-0.25, -0.2) is 17.9 Å². The van der Waals surface area contributed by atoms with Crippen molar-refractivity contribution < 1.29 is 45.5 Å². The van der Waals surface area contributed by atoms with E-state index in [1.165, 1.54) is 21.8 Å². The topological polar surface area (TPSA) is 169 Å². The number of hydrogen-bond donors (Lipinski definition) is 3. The smallest absolute Gasteiger partial charge is 0.416 e. The number of carbonyl (C=O) groups excluding carboxylic acids is 4. The van der Waals surface area contributed by atoms with Crippen LogP contribution in [0.3, 0.4) is 0 Å². The van der Waals surface area contributed by atoms with Crippen LogP contribution in [0, 0.1) is 24.7 Å². The molecule has 4 aliphatic rings. The van der Waals surface area contributed by atoms with E-state index in [4.69, 9.17) is 4.74 Å². The Kier molecular flexibility index (Phi) is 9.47. The van der Waals surface area contributed by atoms with Crippen molar-refractivity contribution in [1.82, 2.24) is 24.7 Å². The molecule has 3 aliphatic carbocycles. The third-order valence-corrected chi connectivity index (χ3v) is 11.7. The summed E-state index contributed by atoms with van der Waals surface area (Å²) in [6.07, 6.45) is 1.33. The molecule has 6 rings (SSSR count). The van der Waals surface area contributed by atoms with E-state index in [-0.39, 0.29) is 36.5 Å². The number of ether oxygens (including phenoxy) is 1. The first-order valence-electron chi connectivity index (χ1n) is 16.6. The highest BCUT2D eigenvalue weighted by molar-refractivity contribution is 7.91. The molecule has 2 heterocycles. The van der Waals surface area contributed by atoms with Gasteiger partial charge in [-0.15, -0.1) is 0 Å². The predicted octanol–water partition coefficient (Wildman–Crippen LogP) is 3.82. The largest absolute Gasteiger partial charge is 0.446 e. The van der Waals surface area contributed by atoms with Crippen LogP contribution in [0.4, 0.5) is 23.7 Å². The molecule has 3 fully saturated rings. The van der Waals surface area contributed by atoms with E-state index in [0.717, 1.165) is 18.6 Å². The van der Waals surface area contributed by atoms with Crippen molar-refractivity contribution in [3.63, 3.8) is 0 Å². The highest BCUT2D eigenvalue weighted by Gasteiger charge is 2.62. The molecular weight excluding hydrogens is 681 g/mol. The fraction of sp³-hybridized carbons (Fsp3) is 0.545. The number of aromatic nitrogens is 2. The predicted molar refractivity (Wildman–Crippen MR) is 173 cm³/mol. The fourth-order valence-corrected chi connectivity index (χ4v) is 8.16. The molecular formula is C33H39F3N6O7S. The lowest BCUT2D eigenvalue weighted by Crippen LogP contribution is -2.54. The number of nitrogens with one attached hydrogen (secondary N) is 3. The van der Waals surface area contributed by atoms with Crippen molar-refractivity contribution in [1.29, 1.82) is 0 Å². The van der Waals surface area contributed by atoms with Gasteiger partial charge in [0, 0.05) is 31.4 Å². The summed E-state index contributed by atoms with van der Waals surface area (Å²) in [7, 11) is -2.29. The zero-order valence-electron chi connectivity index (χ0n) is 27.5. The average Bonchev–Trinajstić information content (AvgIpc) is 3.93. The molecule has 17 heteroatoms. The fourth-order valence-electron chi connectivity index (χ4n) is 6.80. The first-order chi connectivity index (χ1) is 23.6. The van der Waals surface area contributed by atoms with Crippen LogP contribution in [0.2, 0.25) is 0 Å². The van der Waals surface area contributed by atoms with Crippen LogP contribution in [0.1, 0.15) is 62.6 Å². The Bertz CT molecular complexity index is 1830. The molecule has 1 aromatic heterocycles. The van der Waals surface area contributed by atoms with E-state index < -0.39 is 74.3 Å². The van der Waals surface area contributed by atoms with Gasteiger partial charge in [-0.2, -0.15) is 18.3 Å². The van der Waals surface area contributed by atoms with Gasteiger partial charge in [-0.05, 0) is 82.6 Å². The Morgan fingerprint density at radius 2 is 1.84 bits per heavy atom. The SMILES string of the molecule is Cc1ccnn1-c1ccc(C(F)(F)F)cc1NC(=O)O[C@@H]1C[C@H]2C(=O)N[C@]3(C(=O)NS(=O)(=O)C4CC4)C[C@H]3C=CCCCCN(C)C(=O)[C@@H]2C1. The number of rotatable bonds is 6. The summed E-state index contributed by atoms with van der Waals surface area (Å²) in [5, 5.41) is 8.62. The lowest BCUT2D eigenvalue weighted by atomic mass is 9.93. The highest BCUT2D eigenvalue weighted by atomic mass is 32.2. The van der Waals surface area contributed by atoms with Gasteiger partial charge < -0.3 is 15.0 Å². The maximum atomic E-state index is 13.9. The number of hydrogen-bond acceptors (Lipinski definition) is 8. The minimum atomic E-state index is -4.70. The number of sulfonamides is 1. The van der Waals surface area contributed by atoms with Crippen LogP contribution in [0.25, 0.3) is 5.69 Å². The maximum absolute atomic E-state index is 13.9. The molecule has 3 saturated carbocycles. The normalized spacial score (nSPS) is 27.4. The van der Waals surface area contributed by atoms with Crippen molar-refractivity contribution >= 4 is 39.5 Å². The van der Waals surface area contributed by atoms with Crippen LogP contribution in [0.5, 0.6) is 0 Å². The molecule has 0 unspecified atom stereocenters. The molecule has 50 heavy (non-hydrogen) atoms. The van der Waals surface area contributed by atoms with Crippen LogP contribution in [-0.2, 0) is 35.3 Å². The van der Waals surface area contributed by atoms with E-state index in [1.807, 2.05) is 6.08 Å². The molecule has 1 aromatic carbocycles. The zero-order valence-corrected chi connectivity index (χ0v) is 28.4. The van der Waals surface area contributed by atoms with E-state index >= 15 is 0 Å². The van der Waals surface area contributed by atoms with Gasteiger partial charge in [-0.1, -0.05) is 12.2 Å². The Morgan fingerprint density at radius 1 is 1.10 bits per heavy atom. The summed E-state index contributed by atoms with van der Waals surface area (Å²) in [6, 6.07) is 4.46. The number of fused-ring (bicyclic) bond motifs is 2. The summed E-state index contributed by atoms with van der Waals surface area (Å²) in [5.41, 5.74) is -2.00. The van der Waals surface area contributed by atoms with Crippen molar-refractivity contribution in [2.45, 2.75) is 81.4 Å². The molecule has 13 nitrogen and oxygen atoms in total. The van der Waals surface area contributed by atoms with E-state index in [1.54, 1.807) is 26.1 Å². The molecule has 270 valence electrons. The van der Waals surface area contributed by atoms with Gasteiger partial charge in [-0.3, -0.25) is 24.4 Å². The standard InChI is InChI=1S/C33H39F3N6O7S/c1-19-12-13-37-42(19)27-11-8-20(33(34,35)36)15-26(27)38-31(46)49-22-16-24-25(17-22)29(44)41(2)14-6-4-3-5-7-21-18-32(21,39-28(24)43)30(45)40-50(47,48)23-9-10-23/h5,7-8,11-13,15,21-25H,3-4,6,9-10,14,16-18H2,1-2H3,(H,38,46)(H,39,43)(H,40,45)/t21-,22-,24-,25-,32-/m1/s1. The van der Waals surface area contributed by atoms with Crippen LogP contribution in [-0.4, -0.2) is 77.4 Å². The third-order valence-electron chi connectivity index (χ3n) is 9.89. The number of anilines is 1. The molecule has 0 bridgehead atoms. The Labute approximate surface area is 287 Å². The summed E-state index contributed by atoms with van der Waals surface area (Å²) < 4.78 is 75.2. The molecule has 0 spiro atoms. The van der Waals surface area contributed by atoms with Gasteiger partial charge in [0.05, 0.1) is 34.0 Å². The Hall–Kier alpha value is -4.41. The van der Waals surface area contributed by atoms with Crippen molar-refractivity contribution in [3.05, 3.63) is 53.9 Å². The Morgan fingerprint density at radius 3 is 2.52 bits per heavy atom. The molecule has 5 atom stereocenters. The van der Waals surface area contributed by atoms with Crippen molar-refractivity contribution in [3.8, 4) is 5.69 Å². The monoisotopic (exact) mass is 720 g/mol. The number of carbonyl (C=O) groups is 4. The minimum Gasteiger partial charge on any atom is -0.446 e. The Balaban J connectivity index is 1.22. The third kappa shape index (κ3) is 7.37. The lowest BCUT2D eigenvalue weighted by Gasteiger charge is -2.26. The molecule has 0 saturated heterocycles. The van der Waals surface area contributed by atoms with Crippen molar-refractivity contribution in [2.75, 3.05) is 18.9 Å². The minimum absolute atomic E-state index is 0.0546.